The number of amides is 3. The Morgan fingerprint density at radius 1 is 0.771 bits per heavy atom. The lowest BCUT2D eigenvalue weighted by Gasteiger charge is -2.27. The fourth-order valence-electron chi connectivity index (χ4n) is 3.02. The fourth-order valence-corrected chi connectivity index (χ4v) is 3.02. The molecule has 0 aromatic carbocycles. The van der Waals surface area contributed by atoms with E-state index in [0.29, 0.717) is 6.42 Å². The van der Waals surface area contributed by atoms with E-state index in [4.69, 9.17) is 9.84 Å². The topological polar surface area (TPSA) is 151 Å². The Bertz CT molecular complexity index is 752. The number of Topliss-reactive ketones (excluding diaryl/α,β-unsaturated/α-hetero) is 1. The van der Waals surface area contributed by atoms with Crippen molar-refractivity contribution in [3.63, 3.8) is 0 Å². The van der Waals surface area contributed by atoms with Crippen molar-refractivity contribution in [3.05, 3.63) is 0 Å². The summed E-state index contributed by atoms with van der Waals surface area (Å²) in [6, 6.07) is -4.26. The summed E-state index contributed by atoms with van der Waals surface area (Å²) in [6.07, 6.45) is -4.17. The predicted molar refractivity (Wildman–Crippen MR) is 124 cm³/mol. The number of ether oxygens (including phenoxy) is 1. The van der Waals surface area contributed by atoms with Crippen LogP contribution in [0.3, 0.4) is 0 Å². The van der Waals surface area contributed by atoms with Gasteiger partial charge in [0.25, 0.3) is 5.78 Å². The van der Waals surface area contributed by atoms with Crippen LogP contribution in [0.1, 0.15) is 74.1 Å². The number of nitrogens with one attached hydrogen (secondary N) is 3. The first kappa shape index (κ1) is 32.2. The third-order valence-electron chi connectivity index (χ3n) is 4.64. The van der Waals surface area contributed by atoms with Crippen LogP contribution in [-0.2, 0) is 23.9 Å². The van der Waals surface area contributed by atoms with Gasteiger partial charge in [0.2, 0.25) is 18.2 Å². The third kappa shape index (κ3) is 14.3. The average molecular weight is 508 g/mol. The van der Waals surface area contributed by atoms with Gasteiger partial charge in [-0.1, -0.05) is 27.7 Å². The number of aliphatic carboxylic acids is 1. The Kier molecular flexibility index (Phi) is 13.4. The smallest absolute Gasteiger partial charge is 0.408 e. The molecule has 0 rings (SSSR count). The van der Waals surface area contributed by atoms with E-state index in [0.717, 1.165) is 0 Å². The van der Waals surface area contributed by atoms with Gasteiger partial charge in [0, 0.05) is 6.42 Å². The van der Waals surface area contributed by atoms with Crippen molar-refractivity contribution in [1.29, 1.82) is 0 Å². The third-order valence-corrected chi connectivity index (χ3v) is 4.64. The number of rotatable bonds is 14. The SMILES string of the molecule is CC(C)CC[C@H](NC(=O)OC(C)(C)C)C(=O)N[C@@H](CC(C)C)C(=O)NC(CC(F)F)C(=O)C(=O)O. The highest BCUT2D eigenvalue weighted by atomic mass is 19.3. The van der Waals surface area contributed by atoms with E-state index in [1.165, 1.54) is 0 Å². The summed E-state index contributed by atoms with van der Waals surface area (Å²) < 4.78 is 30.9. The van der Waals surface area contributed by atoms with Crippen LogP contribution in [0.5, 0.6) is 0 Å². The highest BCUT2D eigenvalue weighted by Gasteiger charge is 2.33. The van der Waals surface area contributed by atoms with Crippen molar-refractivity contribution >= 4 is 29.7 Å². The number of halogens is 2. The first-order valence-electron chi connectivity index (χ1n) is 11.6. The van der Waals surface area contributed by atoms with Gasteiger partial charge in [-0.05, 0) is 51.9 Å². The quantitative estimate of drug-likeness (QED) is 0.264. The standard InChI is InChI=1S/C23H39F2N3O7/c1-12(2)8-9-14(28-22(34)35-23(5,6)7)19(30)27-16(10-13(3)4)20(31)26-15(11-17(24)25)18(29)21(32)33/h12-17H,8-11H2,1-7H3,(H,26,31)(H,27,30)(H,28,34)(H,32,33)/t14-,15?,16-/m0/s1. The van der Waals surface area contributed by atoms with E-state index in [-0.39, 0.29) is 24.7 Å². The van der Waals surface area contributed by atoms with Gasteiger partial charge in [-0.15, -0.1) is 0 Å². The molecule has 202 valence electrons. The molecule has 12 heteroatoms. The predicted octanol–water partition coefficient (Wildman–Crippen LogP) is 2.64. The minimum Gasteiger partial charge on any atom is -0.475 e. The van der Waals surface area contributed by atoms with Crippen LogP contribution in [0.15, 0.2) is 0 Å². The largest absolute Gasteiger partial charge is 0.475 e. The summed E-state index contributed by atoms with van der Waals surface area (Å²) >= 11 is 0. The number of alkyl carbamates (subject to hydrolysis) is 1. The first-order valence-corrected chi connectivity index (χ1v) is 11.6. The summed E-state index contributed by atoms with van der Waals surface area (Å²) in [7, 11) is 0. The van der Waals surface area contributed by atoms with Crippen LogP contribution in [-0.4, -0.2) is 64.9 Å². The Morgan fingerprint density at radius 3 is 1.71 bits per heavy atom. The molecule has 0 aliphatic carbocycles. The van der Waals surface area contributed by atoms with Crippen LogP contribution in [0.25, 0.3) is 0 Å². The van der Waals surface area contributed by atoms with E-state index in [9.17, 15) is 32.8 Å². The zero-order chi connectivity index (χ0) is 27.5. The molecule has 4 N–H and O–H groups in total. The van der Waals surface area contributed by atoms with E-state index >= 15 is 0 Å². The molecule has 0 aliphatic heterocycles. The number of alkyl halides is 2. The van der Waals surface area contributed by atoms with E-state index < -0.39 is 66.2 Å². The zero-order valence-corrected chi connectivity index (χ0v) is 21.4. The van der Waals surface area contributed by atoms with Gasteiger partial charge >= 0.3 is 12.1 Å². The maximum Gasteiger partial charge on any atom is 0.408 e. The monoisotopic (exact) mass is 507 g/mol. The number of carbonyl (C=O) groups is 5. The van der Waals surface area contributed by atoms with Crippen molar-refractivity contribution in [1.82, 2.24) is 16.0 Å². The van der Waals surface area contributed by atoms with Crippen molar-refractivity contribution in [3.8, 4) is 0 Å². The van der Waals surface area contributed by atoms with Crippen molar-refractivity contribution in [2.45, 2.75) is 104 Å². The maximum atomic E-state index is 13.0. The van der Waals surface area contributed by atoms with Crippen molar-refractivity contribution in [2.24, 2.45) is 11.8 Å². The summed E-state index contributed by atoms with van der Waals surface area (Å²) in [5, 5.41) is 15.9. The summed E-state index contributed by atoms with van der Waals surface area (Å²) in [6.45, 7) is 12.3. The summed E-state index contributed by atoms with van der Waals surface area (Å²) in [4.78, 5) is 60.8. The van der Waals surface area contributed by atoms with Crippen molar-refractivity contribution in [2.75, 3.05) is 0 Å². The average Bonchev–Trinajstić information content (AvgIpc) is 2.66. The zero-order valence-electron chi connectivity index (χ0n) is 21.4. The van der Waals surface area contributed by atoms with Crippen LogP contribution in [0.4, 0.5) is 13.6 Å². The Hall–Kier alpha value is -2.79. The molecule has 0 heterocycles. The van der Waals surface area contributed by atoms with Crippen LogP contribution < -0.4 is 16.0 Å². The molecule has 0 aliphatic rings. The van der Waals surface area contributed by atoms with Gasteiger partial charge in [0.15, 0.2) is 0 Å². The molecule has 0 radical (unpaired) electrons. The molecule has 0 saturated heterocycles. The second kappa shape index (κ2) is 14.6. The molecule has 0 aromatic rings. The molecule has 0 fully saturated rings. The van der Waals surface area contributed by atoms with Gasteiger partial charge in [-0.3, -0.25) is 14.4 Å². The molecule has 3 amide bonds. The second-order valence-corrected chi connectivity index (χ2v) is 10.2. The number of hydrogen-bond acceptors (Lipinski definition) is 6. The second-order valence-electron chi connectivity index (χ2n) is 10.2. The van der Waals surface area contributed by atoms with E-state index in [2.05, 4.69) is 10.6 Å². The van der Waals surface area contributed by atoms with Crippen LogP contribution >= 0.6 is 0 Å². The lowest BCUT2D eigenvalue weighted by molar-refractivity contribution is -0.151. The molecule has 1 unspecified atom stereocenters. The molecule has 0 spiro atoms. The highest BCUT2D eigenvalue weighted by molar-refractivity contribution is 6.35. The summed E-state index contributed by atoms with van der Waals surface area (Å²) in [5.74, 6) is -5.16. The van der Waals surface area contributed by atoms with Crippen LogP contribution in [0, 0.1) is 11.8 Å². The van der Waals surface area contributed by atoms with Crippen molar-refractivity contribution < 1.29 is 42.6 Å². The molecule has 3 atom stereocenters. The molecule has 0 saturated carbocycles. The van der Waals surface area contributed by atoms with E-state index in [1.807, 2.05) is 19.2 Å². The minimum atomic E-state index is -3.04. The summed E-state index contributed by atoms with van der Waals surface area (Å²) in [5.41, 5.74) is -0.806. The number of carboxylic acid groups (broad SMARTS) is 1. The van der Waals surface area contributed by atoms with Gasteiger partial charge < -0.3 is 25.8 Å². The lowest BCUT2D eigenvalue weighted by Crippen LogP contribution is -2.57. The highest BCUT2D eigenvalue weighted by Crippen LogP contribution is 2.13. The molecule has 0 bridgehead atoms. The molecule has 35 heavy (non-hydrogen) atoms. The Labute approximate surface area is 204 Å². The number of carbonyl (C=O) groups excluding carboxylic acids is 4. The maximum absolute atomic E-state index is 13.0. The lowest BCUT2D eigenvalue weighted by atomic mass is 9.99. The number of hydrogen-bond donors (Lipinski definition) is 4. The van der Waals surface area contributed by atoms with Gasteiger partial charge in [0.05, 0.1) is 0 Å². The Balaban J connectivity index is 5.67. The van der Waals surface area contributed by atoms with Gasteiger partial charge in [0.1, 0.15) is 23.7 Å². The van der Waals surface area contributed by atoms with Gasteiger partial charge in [-0.25, -0.2) is 18.4 Å². The molecular weight excluding hydrogens is 468 g/mol. The number of carboxylic acids is 1. The fraction of sp³-hybridized carbons (Fsp3) is 0.783. The number of ketones is 1. The van der Waals surface area contributed by atoms with Crippen LogP contribution in [0.2, 0.25) is 0 Å². The van der Waals surface area contributed by atoms with Gasteiger partial charge in [-0.2, -0.15) is 0 Å². The normalized spacial score (nSPS) is 14.3. The Morgan fingerprint density at radius 2 is 1.29 bits per heavy atom. The first-order chi connectivity index (χ1) is 15.9. The molecular formula is C23H39F2N3O7. The minimum absolute atomic E-state index is 0.0730. The van der Waals surface area contributed by atoms with E-state index in [1.54, 1.807) is 34.6 Å². The molecule has 10 nitrogen and oxygen atoms in total. The molecule has 0 aromatic heterocycles.